The number of imidazole rings is 2. The van der Waals surface area contributed by atoms with Crippen molar-refractivity contribution >= 4 is 0 Å². The third-order valence-corrected chi connectivity index (χ3v) is 3.19. The maximum Gasteiger partial charge on any atom is 0.120 e. The number of rotatable bonds is 9. The Morgan fingerprint density at radius 2 is 2.15 bits per heavy atom. The number of nitrogens with one attached hydrogen (secondary N) is 2. The molecule has 0 aliphatic rings. The highest BCUT2D eigenvalue weighted by Gasteiger charge is 2.10. The number of aromatic amines is 2. The van der Waals surface area contributed by atoms with Gasteiger partial charge >= 0.3 is 0 Å². The molecule has 0 aliphatic carbocycles. The summed E-state index contributed by atoms with van der Waals surface area (Å²) in [6.45, 7) is 4.36. The second kappa shape index (κ2) is 7.81. The molecule has 0 spiro atoms. The van der Waals surface area contributed by atoms with Crippen LogP contribution in [-0.4, -0.2) is 43.1 Å². The molecule has 0 atom stereocenters. The highest BCUT2D eigenvalue weighted by Crippen LogP contribution is 2.07. The highest BCUT2D eigenvalue weighted by molar-refractivity contribution is 5.02. The fourth-order valence-corrected chi connectivity index (χ4v) is 2.15. The zero-order valence-corrected chi connectivity index (χ0v) is 12.0. The van der Waals surface area contributed by atoms with E-state index >= 15 is 0 Å². The molecule has 6 nitrogen and oxygen atoms in total. The van der Waals surface area contributed by atoms with Crippen LogP contribution in [0.25, 0.3) is 0 Å². The molecule has 0 aliphatic heterocycles. The van der Waals surface area contributed by atoms with E-state index in [9.17, 15) is 0 Å². The summed E-state index contributed by atoms with van der Waals surface area (Å²) in [6, 6.07) is 0. The molecule has 2 rings (SSSR count). The Labute approximate surface area is 119 Å². The Hall–Kier alpha value is -1.66. The van der Waals surface area contributed by atoms with Crippen molar-refractivity contribution in [2.24, 2.45) is 0 Å². The van der Waals surface area contributed by atoms with Gasteiger partial charge in [0.1, 0.15) is 11.6 Å². The van der Waals surface area contributed by atoms with E-state index in [0.717, 1.165) is 36.7 Å². The number of aliphatic hydroxyl groups is 1. The largest absolute Gasteiger partial charge is 0.395 e. The van der Waals surface area contributed by atoms with Crippen LogP contribution in [0.4, 0.5) is 0 Å². The van der Waals surface area contributed by atoms with Crippen LogP contribution in [0.1, 0.15) is 37.1 Å². The summed E-state index contributed by atoms with van der Waals surface area (Å²) < 4.78 is 0. The predicted molar refractivity (Wildman–Crippen MR) is 77.0 cm³/mol. The molecular weight excluding hydrogens is 254 g/mol. The molecule has 0 amide bonds. The summed E-state index contributed by atoms with van der Waals surface area (Å²) in [4.78, 5) is 17.2. The van der Waals surface area contributed by atoms with Crippen LogP contribution in [0, 0.1) is 0 Å². The fourth-order valence-electron chi connectivity index (χ4n) is 2.15. The summed E-state index contributed by atoms with van der Waals surface area (Å²) in [5.41, 5.74) is 1.08. The first-order valence-electron chi connectivity index (χ1n) is 7.16. The van der Waals surface area contributed by atoms with Crippen molar-refractivity contribution in [1.82, 2.24) is 24.8 Å². The SMILES string of the molecule is CCCCc1ncc(CN(CCO)Cc2ncc[nH]2)[nH]1. The zero-order valence-electron chi connectivity index (χ0n) is 12.0. The van der Waals surface area contributed by atoms with E-state index in [0.29, 0.717) is 13.1 Å². The smallest absolute Gasteiger partial charge is 0.120 e. The van der Waals surface area contributed by atoms with Gasteiger partial charge in [0, 0.05) is 43.8 Å². The third-order valence-electron chi connectivity index (χ3n) is 3.19. The molecule has 110 valence electrons. The van der Waals surface area contributed by atoms with E-state index in [2.05, 4.69) is 31.8 Å². The molecule has 0 fully saturated rings. The first-order chi connectivity index (χ1) is 9.81. The van der Waals surface area contributed by atoms with Gasteiger partial charge < -0.3 is 15.1 Å². The average molecular weight is 277 g/mol. The maximum atomic E-state index is 9.17. The average Bonchev–Trinajstić information content (AvgIpc) is 3.08. The molecule has 2 aromatic heterocycles. The number of unbranched alkanes of at least 4 members (excludes halogenated alkanes) is 1. The standard InChI is InChI=1S/C14H23N5O/c1-2-3-4-13-17-9-12(18-13)10-19(7-8-20)11-14-15-5-6-16-14/h5-6,9,20H,2-4,7-8,10-11H2,1H3,(H,15,16)(H,17,18). The summed E-state index contributed by atoms with van der Waals surface area (Å²) in [7, 11) is 0. The molecule has 0 bridgehead atoms. The molecule has 20 heavy (non-hydrogen) atoms. The number of hydrogen-bond donors (Lipinski definition) is 3. The van der Waals surface area contributed by atoms with Crippen molar-refractivity contribution in [1.29, 1.82) is 0 Å². The summed E-state index contributed by atoms with van der Waals surface area (Å²) in [5.74, 6) is 1.95. The molecule has 2 heterocycles. The van der Waals surface area contributed by atoms with Gasteiger partial charge in [-0.25, -0.2) is 9.97 Å². The molecule has 0 saturated carbocycles. The predicted octanol–water partition coefficient (Wildman–Crippen LogP) is 1.47. The Morgan fingerprint density at radius 1 is 1.25 bits per heavy atom. The van der Waals surface area contributed by atoms with Crippen molar-refractivity contribution in [3.8, 4) is 0 Å². The summed E-state index contributed by atoms with van der Waals surface area (Å²) in [5, 5.41) is 9.17. The lowest BCUT2D eigenvalue weighted by molar-refractivity contribution is 0.180. The molecule has 2 aromatic rings. The van der Waals surface area contributed by atoms with Gasteiger partial charge in [-0.1, -0.05) is 13.3 Å². The monoisotopic (exact) mass is 277 g/mol. The second-order valence-corrected chi connectivity index (χ2v) is 4.93. The van der Waals surface area contributed by atoms with Crippen LogP contribution < -0.4 is 0 Å². The highest BCUT2D eigenvalue weighted by atomic mass is 16.3. The lowest BCUT2D eigenvalue weighted by Crippen LogP contribution is -2.26. The van der Waals surface area contributed by atoms with Crippen LogP contribution in [0.5, 0.6) is 0 Å². The summed E-state index contributed by atoms with van der Waals surface area (Å²) in [6.07, 6.45) is 8.76. The third kappa shape index (κ3) is 4.47. The van der Waals surface area contributed by atoms with Crippen molar-refractivity contribution in [3.63, 3.8) is 0 Å². The van der Waals surface area contributed by atoms with E-state index in [1.165, 1.54) is 6.42 Å². The fraction of sp³-hybridized carbons (Fsp3) is 0.571. The number of aromatic nitrogens is 4. The minimum atomic E-state index is 0.136. The van der Waals surface area contributed by atoms with Crippen molar-refractivity contribution in [3.05, 3.63) is 35.9 Å². The van der Waals surface area contributed by atoms with Gasteiger partial charge in [-0.2, -0.15) is 0 Å². The number of aryl methyl sites for hydroxylation is 1. The molecule has 0 unspecified atom stereocenters. The molecule has 6 heteroatoms. The quantitative estimate of drug-likeness (QED) is 0.648. The molecular formula is C14H23N5O. The van der Waals surface area contributed by atoms with Gasteiger partial charge in [0.15, 0.2) is 0 Å². The minimum absolute atomic E-state index is 0.136. The van der Waals surface area contributed by atoms with Crippen molar-refractivity contribution in [2.45, 2.75) is 39.3 Å². The van der Waals surface area contributed by atoms with Crippen molar-refractivity contribution < 1.29 is 5.11 Å². The van der Waals surface area contributed by atoms with Gasteiger partial charge in [0.05, 0.1) is 13.2 Å². The molecule has 0 aromatic carbocycles. The van der Waals surface area contributed by atoms with E-state index in [4.69, 9.17) is 5.11 Å². The van der Waals surface area contributed by atoms with Gasteiger partial charge in [0.25, 0.3) is 0 Å². The number of hydrogen-bond acceptors (Lipinski definition) is 4. The number of nitrogens with zero attached hydrogens (tertiary/aromatic N) is 3. The minimum Gasteiger partial charge on any atom is -0.395 e. The Bertz CT molecular complexity index is 479. The van der Waals surface area contributed by atoms with Gasteiger partial charge in [-0.15, -0.1) is 0 Å². The van der Waals surface area contributed by atoms with E-state index < -0.39 is 0 Å². The van der Waals surface area contributed by atoms with E-state index in [1.54, 1.807) is 6.20 Å². The Balaban J connectivity index is 1.91. The van der Waals surface area contributed by atoms with Gasteiger partial charge in [-0.05, 0) is 6.42 Å². The zero-order chi connectivity index (χ0) is 14.2. The van der Waals surface area contributed by atoms with Crippen LogP contribution in [0.2, 0.25) is 0 Å². The Morgan fingerprint density at radius 3 is 2.85 bits per heavy atom. The topological polar surface area (TPSA) is 80.8 Å². The normalized spacial score (nSPS) is 11.3. The van der Waals surface area contributed by atoms with Crippen LogP contribution in [0.15, 0.2) is 18.6 Å². The summed E-state index contributed by atoms with van der Waals surface area (Å²) >= 11 is 0. The second-order valence-electron chi connectivity index (χ2n) is 4.93. The molecule has 0 radical (unpaired) electrons. The van der Waals surface area contributed by atoms with Crippen LogP contribution in [0.3, 0.4) is 0 Å². The number of aliphatic hydroxyl groups excluding tert-OH is 1. The van der Waals surface area contributed by atoms with E-state index in [1.807, 2.05) is 12.4 Å². The first kappa shape index (κ1) is 14.7. The maximum absolute atomic E-state index is 9.17. The number of H-pyrrole nitrogens is 2. The van der Waals surface area contributed by atoms with Gasteiger partial charge in [0.2, 0.25) is 0 Å². The van der Waals surface area contributed by atoms with Gasteiger partial charge in [-0.3, -0.25) is 4.90 Å². The lowest BCUT2D eigenvalue weighted by Gasteiger charge is -2.19. The lowest BCUT2D eigenvalue weighted by atomic mass is 10.2. The van der Waals surface area contributed by atoms with E-state index in [-0.39, 0.29) is 6.61 Å². The first-order valence-corrected chi connectivity index (χ1v) is 7.16. The Kier molecular flexibility index (Phi) is 5.76. The van der Waals surface area contributed by atoms with Crippen LogP contribution >= 0.6 is 0 Å². The van der Waals surface area contributed by atoms with Crippen LogP contribution in [-0.2, 0) is 19.5 Å². The van der Waals surface area contributed by atoms with Crippen molar-refractivity contribution in [2.75, 3.05) is 13.2 Å². The molecule has 3 N–H and O–H groups in total. The molecule has 0 saturated heterocycles.